The summed E-state index contributed by atoms with van der Waals surface area (Å²) in [7, 11) is 0. The SMILES string of the molecule is CCCNC(Cc1ccc(Cl)s1)c1cc(F)ccc1F. The number of thiophene rings is 1. The van der Waals surface area contributed by atoms with Crippen molar-refractivity contribution >= 4 is 22.9 Å². The third-order valence-electron chi connectivity index (χ3n) is 3.01. The van der Waals surface area contributed by atoms with Gasteiger partial charge >= 0.3 is 0 Å². The molecule has 1 atom stereocenters. The first kappa shape index (κ1) is 15.4. The van der Waals surface area contributed by atoms with Crippen molar-refractivity contribution in [3.63, 3.8) is 0 Å². The van der Waals surface area contributed by atoms with E-state index in [9.17, 15) is 8.78 Å². The number of halogens is 3. The molecule has 0 aliphatic rings. The van der Waals surface area contributed by atoms with Crippen LogP contribution < -0.4 is 5.32 Å². The van der Waals surface area contributed by atoms with Crippen LogP contribution in [0.2, 0.25) is 4.34 Å². The predicted molar refractivity (Wildman–Crippen MR) is 80.4 cm³/mol. The smallest absolute Gasteiger partial charge is 0.128 e. The zero-order chi connectivity index (χ0) is 14.5. The summed E-state index contributed by atoms with van der Waals surface area (Å²) in [4.78, 5) is 1.05. The van der Waals surface area contributed by atoms with Crippen molar-refractivity contribution in [2.45, 2.75) is 25.8 Å². The maximum atomic E-state index is 13.9. The topological polar surface area (TPSA) is 12.0 Å². The van der Waals surface area contributed by atoms with Gasteiger partial charge in [-0.15, -0.1) is 11.3 Å². The Balaban J connectivity index is 2.24. The molecule has 0 radical (unpaired) electrons. The Labute approximate surface area is 126 Å². The fourth-order valence-electron chi connectivity index (χ4n) is 2.05. The van der Waals surface area contributed by atoms with E-state index in [1.54, 1.807) is 0 Å². The van der Waals surface area contributed by atoms with Gasteiger partial charge in [0.15, 0.2) is 0 Å². The molecule has 20 heavy (non-hydrogen) atoms. The second kappa shape index (κ2) is 7.16. The van der Waals surface area contributed by atoms with E-state index in [1.165, 1.54) is 23.5 Å². The fourth-order valence-corrected chi connectivity index (χ4v) is 3.19. The Morgan fingerprint density at radius 3 is 2.70 bits per heavy atom. The number of hydrogen-bond donors (Lipinski definition) is 1. The maximum absolute atomic E-state index is 13.9. The maximum Gasteiger partial charge on any atom is 0.128 e. The molecule has 0 amide bonds. The molecule has 0 aliphatic carbocycles. The number of hydrogen-bond acceptors (Lipinski definition) is 2. The molecular formula is C15H16ClF2NS. The van der Waals surface area contributed by atoms with Gasteiger partial charge in [-0.25, -0.2) is 8.78 Å². The molecule has 0 aliphatic heterocycles. The summed E-state index contributed by atoms with van der Waals surface area (Å²) in [5.41, 5.74) is 0.364. The molecule has 5 heteroatoms. The highest BCUT2D eigenvalue weighted by atomic mass is 35.5. The molecule has 0 bridgehead atoms. The molecule has 1 aromatic carbocycles. The molecule has 108 valence electrons. The van der Waals surface area contributed by atoms with E-state index in [0.717, 1.165) is 23.9 Å². The van der Waals surface area contributed by atoms with Crippen molar-refractivity contribution in [1.82, 2.24) is 5.32 Å². The van der Waals surface area contributed by atoms with Crippen molar-refractivity contribution in [2.24, 2.45) is 0 Å². The minimum absolute atomic E-state index is 0.250. The quantitative estimate of drug-likeness (QED) is 0.794. The Hall–Kier alpha value is -0.970. The van der Waals surface area contributed by atoms with E-state index in [0.29, 0.717) is 16.3 Å². The number of rotatable bonds is 6. The summed E-state index contributed by atoms with van der Waals surface area (Å²) in [5.74, 6) is -0.809. The van der Waals surface area contributed by atoms with Gasteiger partial charge in [-0.2, -0.15) is 0 Å². The standard InChI is InChI=1S/C15H16ClF2NS/c1-2-7-19-14(9-11-4-6-15(16)20-11)12-8-10(17)3-5-13(12)18/h3-6,8,14,19H,2,7,9H2,1H3. The summed E-state index contributed by atoms with van der Waals surface area (Å²) in [6.45, 7) is 2.79. The number of nitrogens with one attached hydrogen (secondary N) is 1. The van der Waals surface area contributed by atoms with Crippen LogP contribution in [0.4, 0.5) is 8.78 Å². The van der Waals surface area contributed by atoms with Gasteiger partial charge in [-0.05, 0) is 43.3 Å². The second-order valence-corrected chi connectivity index (χ2v) is 6.38. The third-order valence-corrected chi connectivity index (χ3v) is 4.26. The van der Waals surface area contributed by atoms with Crippen LogP contribution in [0.3, 0.4) is 0 Å². The van der Waals surface area contributed by atoms with Crippen molar-refractivity contribution in [3.05, 3.63) is 56.7 Å². The van der Waals surface area contributed by atoms with Gasteiger partial charge in [-0.3, -0.25) is 0 Å². The summed E-state index contributed by atoms with van der Waals surface area (Å²) in [6, 6.07) is 7.06. The van der Waals surface area contributed by atoms with Crippen molar-refractivity contribution in [3.8, 4) is 0 Å². The largest absolute Gasteiger partial charge is 0.310 e. The van der Waals surface area contributed by atoms with E-state index < -0.39 is 5.82 Å². The van der Waals surface area contributed by atoms with Gasteiger partial charge in [-0.1, -0.05) is 18.5 Å². The molecule has 2 rings (SSSR count). The lowest BCUT2D eigenvalue weighted by Gasteiger charge is -2.19. The highest BCUT2D eigenvalue weighted by molar-refractivity contribution is 7.16. The van der Waals surface area contributed by atoms with Crippen LogP contribution in [-0.2, 0) is 6.42 Å². The summed E-state index contributed by atoms with van der Waals surface area (Å²) in [5, 5.41) is 3.27. The van der Waals surface area contributed by atoms with Gasteiger partial charge in [0, 0.05) is 22.9 Å². The molecule has 0 saturated heterocycles. The van der Waals surface area contributed by atoms with Crippen molar-refractivity contribution < 1.29 is 8.78 Å². The Kier molecular flexibility index (Phi) is 5.52. The third kappa shape index (κ3) is 4.01. The Morgan fingerprint density at radius 2 is 2.05 bits per heavy atom. The van der Waals surface area contributed by atoms with Gasteiger partial charge in [0.1, 0.15) is 11.6 Å². The van der Waals surface area contributed by atoms with Gasteiger partial charge in [0.25, 0.3) is 0 Å². The molecular weight excluding hydrogens is 300 g/mol. The molecule has 0 saturated carbocycles. The van der Waals surface area contributed by atoms with E-state index in [4.69, 9.17) is 11.6 Å². The first-order chi connectivity index (χ1) is 9.60. The van der Waals surface area contributed by atoms with Crippen LogP contribution in [0.15, 0.2) is 30.3 Å². The van der Waals surface area contributed by atoms with Crippen LogP contribution in [-0.4, -0.2) is 6.54 Å². The zero-order valence-corrected chi connectivity index (χ0v) is 12.7. The zero-order valence-electron chi connectivity index (χ0n) is 11.1. The second-order valence-electron chi connectivity index (χ2n) is 4.58. The predicted octanol–water partition coefficient (Wildman–Crippen LogP) is 4.96. The average Bonchev–Trinajstić information content (AvgIpc) is 2.83. The van der Waals surface area contributed by atoms with Gasteiger partial charge in [0.05, 0.1) is 4.34 Å². The van der Waals surface area contributed by atoms with Crippen LogP contribution in [0.25, 0.3) is 0 Å². The molecule has 1 N–H and O–H groups in total. The van der Waals surface area contributed by atoms with Crippen LogP contribution in [0.5, 0.6) is 0 Å². The molecule has 0 spiro atoms. The summed E-state index contributed by atoms with van der Waals surface area (Å²) < 4.78 is 28.0. The lowest BCUT2D eigenvalue weighted by Crippen LogP contribution is -2.25. The molecule has 1 aromatic heterocycles. The Morgan fingerprint density at radius 1 is 1.25 bits per heavy atom. The molecule has 1 nitrogen and oxygen atoms in total. The minimum atomic E-state index is -0.422. The Bertz CT molecular complexity index is 571. The lowest BCUT2D eigenvalue weighted by atomic mass is 10.0. The first-order valence-electron chi connectivity index (χ1n) is 6.52. The van der Waals surface area contributed by atoms with E-state index in [1.807, 2.05) is 19.1 Å². The van der Waals surface area contributed by atoms with E-state index in [-0.39, 0.29) is 11.9 Å². The van der Waals surface area contributed by atoms with Gasteiger partial charge < -0.3 is 5.32 Å². The highest BCUT2D eigenvalue weighted by Gasteiger charge is 2.17. The monoisotopic (exact) mass is 315 g/mol. The lowest BCUT2D eigenvalue weighted by molar-refractivity contribution is 0.492. The van der Waals surface area contributed by atoms with E-state index >= 15 is 0 Å². The summed E-state index contributed by atoms with van der Waals surface area (Å²) in [6.07, 6.45) is 1.52. The normalized spacial score (nSPS) is 12.6. The summed E-state index contributed by atoms with van der Waals surface area (Å²) >= 11 is 7.38. The van der Waals surface area contributed by atoms with Crippen molar-refractivity contribution in [2.75, 3.05) is 6.54 Å². The fraction of sp³-hybridized carbons (Fsp3) is 0.333. The van der Waals surface area contributed by atoms with Crippen molar-refractivity contribution in [1.29, 1.82) is 0 Å². The number of benzene rings is 1. The van der Waals surface area contributed by atoms with Crippen LogP contribution >= 0.6 is 22.9 Å². The van der Waals surface area contributed by atoms with Crippen LogP contribution in [0, 0.1) is 11.6 Å². The highest BCUT2D eigenvalue weighted by Crippen LogP contribution is 2.28. The van der Waals surface area contributed by atoms with Gasteiger partial charge in [0.2, 0.25) is 0 Å². The average molecular weight is 316 g/mol. The molecule has 1 unspecified atom stereocenters. The van der Waals surface area contributed by atoms with Crippen LogP contribution in [0.1, 0.15) is 29.8 Å². The minimum Gasteiger partial charge on any atom is -0.310 e. The first-order valence-corrected chi connectivity index (χ1v) is 7.72. The molecule has 2 aromatic rings. The molecule has 1 heterocycles. The molecule has 0 fully saturated rings. The van der Waals surface area contributed by atoms with E-state index in [2.05, 4.69) is 5.32 Å².